The van der Waals surface area contributed by atoms with Crippen LogP contribution in [-0.4, -0.2) is 62.8 Å². The molecule has 0 aromatic rings. The van der Waals surface area contributed by atoms with Crippen molar-refractivity contribution in [2.45, 2.75) is 216 Å². The second-order valence-electron chi connectivity index (χ2n) is 19.0. The highest BCUT2D eigenvalue weighted by molar-refractivity contribution is 5.70. The van der Waals surface area contributed by atoms with Gasteiger partial charge in [-0.05, 0) is 100 Å². The van der Waals surface area contributed by atoms with Crippen molar-refractivity contribution in [1.82, 2.24) is 4.90 Å². The van der Waals surface area contributed by atoms with Crippen LogP contribution in [0.3, 0.4) is 0 Å². The first-order valence-electron chi connectivity index (χ1n) is 22.1. The topological polar surface area (TPSA) is 82.1 Å². The third-order valence-electron chi connectivity index (χ3n) is 10.5. The van der Waals surface area contributed by atoms with Crippen molar-refractivity contribution in [3.05, 3.63) is 0 Å². The van der Waals surface area contributed by atoms with E-state index in [1.54, 1.807) is 0 Å². The van der Waals surface area contributed by atoms with Crippen molar-refractivity contribution >= 4 is 17.9 Å². The Labute approximate surface area is 329 Å². The predicted octanol–water partition coefficient (Wildman–Crippen LogP) is 12.5. The van der Waals surface area contributed by atoms with Crippen molar-refractivity contribution in [2.75, 3.05) is 33.9 Å². The molecule has 0 fully saturated rings. The number of unbranched alkanes of at least 4 members (excludes halogenated alkanes) is 9. The van der Waals surface area contributed by atoms with E-state index in [1.807, 2.05) is 0 Å². The summed E-state index contributed by atoms with van der Waals surface area (Å²) < 4.78 is 17.1. The Balaban J connectivity index is 4.62. The third-order valence-corrected chi connectivity index (χ3v) is 10.5. The molecule has 53 heavy (non-hydrogen) atoms. The SMILES string of the molecule is CCCCC(C)CCOC(=O)CCCCCCCC(CCCCCCCC(=O)OCCC(C)CCC(C)C)OC(=O)CC(C)(C)CC(C)(C)CN(C)C. The molecule has 0 saturated carbocycles. The van der Waals surface area contributed by atoms with Crippen LogP contribution in [0.4, 0.5) is 0 Å². The van der Waals surface area contributed by atoms with Gasteiger partial charge in [-0.2, -0.15) is 0 Å². The van der Waals surface area contributed by atoms with E-state index in [9.17, 15) is 14.4 Å². The zero-order chi connectivity index (χ0) is 40.1. The number of hydrogen-bond acceptors (Lipinski definition) is 7. The molecule has 0 heterocycles. The molecule has 0 saturated heterocycles. The molecule has 0 aromatic carbocycles. The fourth-order valence-electron chi connectivity index (χ4n) is 7.85. The van der Waals surface area contributed by atoms with Crippen molar-refractivity contribution in [1.29, 1.82) is 0 Å². The standard InChI is InChI=1S/C46H89NO6/c1-12-13-24-39(4)31-33-51-42(48)27-22-18-14-16-20-25-41(53-44(50)35-45(6,7)36-46(8,9)37-47(10)11)26-21-17-15-19-23-28-43(49)52-34-32-40(5)30-29-38(2)3/h38-41H,12-37H2,1-11H3. The molecule has 3 unspecified atom stereocenters. The Hall–Kier alpha value is -1.63. The first-order chi connectivity index (χ1) is 24.9. The van der Waals surface area contributed by atoms with Gasteiger partial charge in [0.15, 0.2) is 0 Å². The van der Waals surface area contributed by atoms with Crippen LogP contribution in [0.2, 0.25) is 0 Å². The normalized spacial score (nSPS) is 14.0. The fourth-order valence-corrected chi connectivity index (χ4v) is 7.85. The molecular weight excluding hydrogens is 663 g/mol. The molecule has 0 spiro atoms. The molecule has 3 atom stereocenters. The van der Waals surface area contributed by atoms with Crippen LogP contribution in [-0.2, 0) is 28.6 Å². The van der Waals surface area contributed by atoms with Crippen LogP contribution in [0, 0.1) is 28.6 Å². The molecule has 0 aliphatic carbocycles. The molecule has 7 heteroatoms. The van der Waals surface area contributed by atoms with E-state index in [2.05, 4.69) is 81.3 Å². The zero-order valence-electron chi connectivity index (χ0n) is 37.1. The maximum absolute atomic E-state index is 13.3. The average molecular weight is 752 g/mol. The highest BCUT2D eigenvalue weighted by Crippen LogP contribution is 2.37. The zero-order valence-corrected chi connectivity index (χ0v) is 37.1. The van der Waals surface area contributed by atoms with E-state index in [1.165, 1.54) is 32.1 Å². The van der Waals surface area contributed by atoms with E-state index < -0.39 is 0 Å². The summed E-state index contributed by atoms with van der Waals surface area (Å²) in [6.45, 7) is 22.2. The summed E-state index contributed by atoms with van der Waals surface area (Å²) >= 11 is 0. The van der Waals surface area contributed by atoms with Gasteiger partial charge in [-0.15, -0.1) is 0 Å². The van der Waals surface area contributed by atoms with Gasteiger partial charge in [0.05, 0.1) is 19.6 Å². The number of hydrogen-bond donors (Lipinski definition) is 0. The largest absolute Gasteiger partial charge is 0.466 e. The van der Waals surface area contributed by atoms with Crippen LogP contribution < -0.4 is 0 Å². The molecule has 0 radical (unpaired) electrons. The molecule has 0 rings (SSSR count). The second-order valence-corrected chi connectivity index (χ2v) is 19.0. The summed E-state index contributed by atoms with van der Waals surface area (Å²) in [5, 5.41) is 0. The number of esters is 3. The number of carbonyl (C=O) groups is 3. The molecule has 0 bridgehead atoms. The molecule has 0 aliphatic rings. The number of carbonyl (C=O) groups excluding carboxylic acids is 3. The number of nitrogens with zero attached hydrogens (tertiary/aromatic N) is 1. The summed E-state index contributed by atoms with van der Waals surface area (Å²) in [6.07, 6.45) is 22.2. The first-order valence-corrected chi connectivity index (χ1v) is 22.1. The molecule has 0 N–H and O–H groups in total. The minimum absolute atomic E-state index is 0.0549. The fraction of sp³-hybridized carbons (Fsp3) is 0.935. The van der Waals surface area contributed by atoms with Gasteiger partial charge in [-0.1, -0.05) is 133 Å². The van der Waals surface area contributed by atoms with E-state index in [0.29, 0.717) is 44.3 Å². The Morgan fingerprint density at radius 3 is 1.49 bits per heavy atom. The summed E-state index contributed by atoms with van der Waals surface area (Å²) in [4.78, 5) is 39.8. The van der Waals surface area contributed by atoms with Crippen LogP contribution >= 0.6 is 0 Å². The Morgan fingerprint density at radius 2 is 1.02 bits per heavy atom. The average Bonchev–Trinajstić information content (AvgIpc) is 3.03. The quantitative estimate of drug-likeness (QED) is 0.0362. The van der Waals surface area contributed by atoms with Crippen molar-refractivity contribution < 1.29 is 28.6 Å². The van der Waals surface area contributed by atoms with Crippen LogP contribution in [0.15, 0.2) is 0 Å². The lowest BCUT2D eigenvalue weighted by molar-refractivity contribution is -0.152. The van der Waals surface area contributed by atoms with Crippen LogP contribution in [0.1, 0.15) is 210 Å². The Bertz CT molecular complexity index is 929. The van der Waals surface area contributed by atoms with Gasteiger partial charge >= 0.3 is 17.9 Å². The van der Waals surface area contributed by atoms with Crippen LogP contribution in [0.25, 0.3) is 0 Å². The Morgan fingerprint density at radius 1 is 0.547 bits per heavy atom. The maximum atomic E-state index is 13.3. The summed E-state index contributed by atoms with van der Waals surface area (Å²) in [7, 11) is 4.20. The smallest absolute Gasteiger partial charge is 0.306 e. The predicted molar refractivity (Wildman–Crippen MR) is 223 cm³/mol. The summed E-state index contributed by atoms with van der Waals surface area (Å²) in [5.74, 6) is 1.73. The van der Waals surface area contributed by atoms with Gasteiger partial charge in [0.1, 0.15) is 6.10 Å². The van der Waals surface area contributed by atoms with Gasteiger partial charge in [0.25, 0.3) is 0 Å². The molecule has 314 valence electrons. The first kappa shape index (κ1) is 51.4. The molecular formula is C46H89NO6. The van der Waals surface area contributed by atoms with Crippen molar-refractivity contribution in [3.8, 4) is 0 Å². The van der Waals surface area contributed by atoms with Gasteiger partial charge in [-0.3, -0.25) is 14.4 Å². The van der Waals surface area contributed by atoms with Gasteiger partial charge in [0.2, 0.25) is 0 Å². The highest BCUT2D eigenvalue weighted by atomic mass is 16.5. The van der Waals surface area contributed by atoms with Gasteiger partial charge in [0, 0.05) is 19.4 Å². The molecule has 0 amide bonds. The van der Waals surface area contributed by atoms with Crippen molar-refractivity contribution in [2.24, 2.45) is 28.6 Å². The molecule has 7 nitrogen and oxygen atoms in total. The Kier molecular flexibility index (Phi) is 29.6. The lowest BCUT2D eigenvalue weighted by atomic mass is 9.73. The lowest BCUT2D eigenvalue weighted by Gasteiger charge is -2.36. The van der Waals surface area contributed by atoms with E-state index in [0.717, 1.165) is 109 Å². The van der Waals surface area contributed by atoms with E-state index in [-0.39, 0.29) is 34.8 Å². The minimum atomic E-state index is -0.136. The lowest BCUT2D eigenvalue weighted by Crippen LogP contribution is -2.34. The van der Waals surface area contributed by atoms with Gasteiger partial charge in [-0.25, -0.2) is 0 Å². The van der Waals surface area contributed by atoms with E-state index >= 15 is 0 Å². The monoisotopic (exact) mass is 752 g/mol. The summed E-state index contributed by atoms with van der Waals surface area (Å²) in [5.41, 5.74) is -0.0263. The number of ether oxygens (including phenoxy) is 3. The summed E-state index contributed by atoms with van der Waals surface area (Å²) in [6, 6.07) is 0. The van der Waals surface area contributed by atoms with Crippen molar-refractivity contribution in [3.63, 3.8) is 0 Å². The van der Waals surface area contributed by atoms with E-state index in [4.69, 9.17) is 14.2 Å². The number of rotatable bonds is 35. The maximum Gasteiger partial charge on any atom is 0.306 e. The highest BCUT2D eigenvalue weighted by Gasteiger charge is 2.32. The molecule has 0 aliphatic heterocycles. The third kappa shape index (κ3) is 33.4. The molecule has 0 aromatic heterocycles. The minimum Gasteiger partial charge on any atom is -0.466 e. The van der Waals surface area contributed by atoms with Crippen LogP contribution in [0.5, 0.6) is 0 Å². The second kappa shape index (κ2) is 30.6. The van der Waals surface area contributed by atoms with Gasteiger partial charge < -0.3 is 19.1 Å².